The molecule has 0 aliphatic carbocycles. The van der Waals surface area contributed by atoms with E-state index >= 15 is 0 Å². The normalized spacial score (nSPS) is 3.17. The molecule has 0 atom stereocenters. The van der Waals surface area contributed by atoms with Gasteiger partial charge in [-0.15, -0.1) is 49.3 Å². The van der Waals surface area contributed by atoms with E-state index in [0.717, 1.165) is 0 Å². The Morgan fingerprint density at radius 1 is 0.793 bits per heavy atom. The molecule has 1 aromatic heterocycles. The van der Waals surface area contributed by atoms with Crippen molar-refractivity contribution < 1.29 is 62.4 Å². The van der Waals surface area contributed by atoms with E-state index in [-0.39, 0.29) is 56.8 Å². The van der Waals surface area contributed by atoms with Crippen LogP contribution in [0.5, 0.6) is 0 Å². The summed E-state index contributed by atoms with van der Waals surface area (Å²) < 4.78 is 0. The molecule has 14 heteroatoms. The summed E-state index contributed by atoms with van der Waals surface area (Å²) in [5.41, 5.74) is 10.0. The van der Waals surface area contributed by atoms with Crippen molar-refractivity contribution in [2.24, 2.45) is 0 Å². The number of hydrogen-bond donors (Lipinski definition) is 6. The second-order valence-corrected chi connectivity index (χ2v) is 1.13. The van der Waals surface area contributed by atoms with Crippen LogP contribution < -0.4 is 6.15 Å². The van der Waals surface area contributed by atoms with E-state index in [4.69, 9.17) is 30.2 Å². The Bertz CT molecular complexity index is 253. The molecule has 1 rings (SSSR count). The average molecular weight is 485 g/mol. The van der Waals surface area contributed by atoms with E-state index in [1.54, 1.807) is 24.5 Å². The first kappa shape index (κ1) is 92.9. The number of thiol groups is 2. The number of carbonyl (C=O) groups excluding carboxylic acids is 4. The van der Waals surface area contributed by atoms with Gasteiger partial charge in [0.1, 0.15) is 27.2 Å². The van der Waals surface area contributed by atoms with Gasteiger partial charge in [-0.05, 0) is 0 Å². The first-order valence-electron chi connectivity index (χ1n) is 4.88. The Kier molecular flexibility index (Phi) is 2040. The minimum atomic E-state index is 0. The van der Waals surface area contributed by atoms with Gasteiger partial charge in [0, 0.05) is 37.7 Å². The quantitative estimate of drug-likeness (QED) is 0.0871. The molecule has 0 saturated carbocycles. The summed E-state index contributed by atoms with van der Waals surface area (Å²) in [5.74, 6) is 0. The van der Waals surface area contributed by atoms with Gasteiger partial charge in [0.15, 0.2) is 0 Å². The number of aromatic amines is 1. The number of terminal acetylenes is 1. The average Bonchev–Trinajstić information content (AvgIpc) is 3.39. The van der Waals surface area contributed by atoms with Gasteiger partial charge in [-0.25, -0.2) is 11.1 Å². The van der Waals surface area contributed by atoms with Crippen molar-refractivity contribution >= 4 is 50.5 Å². The molecular formula is C15H36ArN6O5S2. The van der Waals surface area contributed by atoms with Crippen LogP contribution in [0.4, 0.5) is 0 Å². The van der Waals surface area contributed by atoms with Crippen molar-refractivity contribution in [2.75, 3.05) is 0 Å². The second kappa shape index (κ2) is 636. The molecule has 0 amide bonds. The maximum absolute atomic E-state index is 8.00. The fourth-order valence-electron chi connectivity index (χ4n) is 0.167. The molecule has 1 heterocycles. The van der Waals surface area contributed by atoms with Crippen molar-refractivity contribution in [3.63, 3.8) is 0 Å². The molecule has 1 aromatic rings. The summed E-state index contributed by atoms with van der Waals surface area (Å²) in [6.07, 6.45) is 14.4. The van der Waals surface area contributed by atoms with Crippen LogP contribution in [-0.2, 0) is 19.2 Å². The van der Waals surface area contributed by atoms with Gasteiger partial charge in [0.05, 0.1) is 12.4 Å². The van der Waals surface area contributed by atoms with Gasteiger partial charge in [0.2, 0.25) is 0 Å². The molecule has 0 fully saturated rings. The Morgan fingerprint density at radius 2 is 0.931 bits per heavy atom. The first-order chi connectivity index (χ1) is 12.4. The zero-order valence-corrected chi connectivity index (χ0v) is 18.1. The van der Waals surface area contributed by atoms with Gasteiger partial charge in [-0.1, -0.05) is 32.7 Å². The van der Waals surface area contributed by atoms with E-state index in [1.165, 1.54) is 0 Å². The van der Waals surface area contributed by atoms with Crippen molar-refractivity contribution in [1.29, 1.82) is 11.1 Å². The predicted octanol–water partition coefficient (Wildman–Crippen LogP) is 2.81. The number of nitrogens with one attached hydrogen (secondary N) is 3. The van der Waals surface area contributed by atoms with Gasteiger partial charge in [-0.2, -0.15) is 15.4 Å². The third kappa shape index (κ3) is 909. The number of allylic oxidation sites excluding steroid dienone is 2. The molecule has 0 spiro atoms. The summed E-state index contributed by atoms with van der Waals surface area (Å²) in [5, 5.41) is 9.33. The largest absolute Gasteiger partial charge is 0.412 e. The molecular weight excluding hydrogens is 448 g/mol. The van der Waals surface area contributed by atoms with E-state index in [2.05, 4.69) is 77.9 Å². The van der Waals surface area contributed by atoms with Gasteiger partial charge in [0.25, 0.3) is 0 Å². The van der Waals surface area contributed by atoms with E-state index in [0.29, 0.717) is 0 Å². The fraction of sp³-hybridized carbons (Fsp3) is 0.0667. The summed E-state index contributed by atoms with van der Waals surface area (Å²) in [7, 11) is 0. The van der Waals surface area contributed by atoms with Crippen LogP contribution in [0.25, 0.3) is 0 Å². The Balaban J connectivity index is -0.00000000909. The Labute approximate surface area is 215 Å². The van der Waals surface area contributed by atoms with Gasteiger partial charge in [-0.3, -0.25) is 0 Å². The summed E-state index contributed by atoms with van der Waals surface area (Å²) in [6, 6.07) is 0. The number of nitrogens with zero attached hydrogens (tertiary/aromatic N) is 2. The topological polar surface area (TPSA) is 224 Å². The van der Waals surface area contributed by atoms with Crippen LogP contribution in [0.15, 0.2) is 50.9 Å². The molecule has 0 unspecified atom stereocenters. The molecule has 0 aliphatic heterocycles. The van der Waals surface area contributed by atoms with E-state index in [1.807, 2.05) is 27.2 Å². The van der Waals surface area contributed by atoms with Crippen molar-refractivity contribution in [2.45, 2.75) is 7.43 Å². The minimum absolute atomic E-state index is 0. The van der Waals surface area contributed by atoms with Crippen molar-refractivity contribution in [3.05, 3.63) is 50.9 Å². The molecule has 0 aliphatic rings. The first-order valence-corrected chi connectivity index (χ1v) is 6.48. The van der Waals surface area contributed by atoms with Gasteiger partial charge < -0.3 is 30.8 Å². The SMILES string of the molecule is C.C#C.C=C.C=CC=C.C=O.C=O.C=O.C=O.N.N=N.O.SS.[Ar].c1cn[nH]n1. The van der Waals surface area contributed by atoms with Crippen LogP contribution in [0.3, 0.4) is 0 Å². The molecule has 11 nitrogen and oxygen atoms in total. The smallest absolute Gasteiger partial charge is 0.106 e. The maximum Gasteiger partial charge on any atom is 0.106 e. The monoisotopic (exact) mass is 484 g/mol. The Hall–Kier alpha value is -1.92. The molecule has 8 N–H and O–H groups in total. The Morgan fingerprint density at radius 3 is 0.966 bits per heavy atom. The number of rotatable bonds is 1. The maximum atomic E-state index is 8.00. The van der Waals surface area contributed by atoms with E-state index < -0.39 is 0 Å². The predicted molar refractivity (Wildman–Crippen MR) is 125 cm³/mol. The molecule has 176 valence electrons. The standard InChI is InChI=1S/C4H6.C2H3N3.C2H4.C2H2.4CH2O.CH4.Ar.H2N2.H3N.H2O.H2S2/c1-3-4-2;1-2-4-5-3-1;6*1-2;;;1-2;;;1-2/h3-4H,1-2H2;1-2H,(H,3,4,5);1-2H2;1-2H;4*1H2;1H4;;1-2H;1H3;1H2;1-2H. The fourth-order valence-corrected chi connectivity index (χ4v) is 0.167. The number of H-pyrrole nitrogens is 1. The molecule has 0 saturated heterocycles. The van der Waals surface area contributed by atoms with Crippen LogP contribution in [-0.4, -0.2) is 48.0 Å². The van der Waals surface area contributed by atoms with Crippen LogP contribution in [0, 0.1) is 61.6 Å². The second-order valence-electron chi connectivity index (χ2n) is 1.13. The zero-order chi connectivity index (χ0) is 22.9. The molecule has 0 radical (unpaired) electrons. The minimum Gasteiger partial charge on any atom is -0.412 e. The molecule has 29 heavy (non-hydrogen) atoms. The zero-order valence-electron chi connectivity index (χ0n) is 15.6. The van der Waals surface area contributed by atoms with Gasteiger partial charge >= 0.3 is 0 Å². The van der Waals surface area contributed by atoms with E-state index in [9.17, 15) is 0 Å². The molecule has 0 bridgehead atoms. The summed E-state index contributed by atoms with van der Waals surface area (Å²) >= 11 is 6.44. The number of carbonyl (C=O) groups is 4. The third-order valence-electron chi connectivity index (χ3n) is 0.498. The number of aromatic nitrogens is 3. The van der Waals surface area contributed by atoms with Crippen LogP contribution in [0.1, 0.15) is 7.43 Å². The van der Waals surface area contributed by atoms with Crippen LogP contribution in [0.2, 0.25) is 0 Å². The number of hydrogen-bond acceptors (Lipinski definition) is 11. The molecule has 0 aromatic carbocycles. The van der Waals surface area contributed by atoms with Crippen molar-refractivity contribution in [3.8, 4) is 12.8 Å². The summed E-state index contributed by atoms with van der Waals surface area (Å²) in [4.78, 5) is 32.0. The van der Waals surface area contributed by atoms with Crippen LogP contribution >= 0.6 is 23.3 Å². The van der Waals surface area contributed by atoms with Crippen molar-refractivity contribution in [1.82, 2.24) is 21.6 Å². The third-order valence-corrected chi connectivity index (χ3v) is 0.498. The summed E-state index contributed by atoms with van der Waals surface area (Å²) in [6.45, 7) is 20.7.